The standard InChI is InChI=1S/C15H22F2N2O2/c1-10(13(16)17)18-9-11-5-7-12(8-6-11)19-14(20)21-15(2,3)4/h5-8,10,13,18H,9H2,1-4H3,(H,19,20). The predicted molar refractivity (Wildman–Crippen MR) is 78.6 cm³/mol. The number of ether oxygens (including phenoxy) is 1. The fraction of sp³-hybridized carbons (Fsp3) is 0.533. The molecule has 1 atom stereocenters. The third-order valence-electron chi connectivity index (χ3n) is 2.61. The summed E-state index contributed by atoms with van der Waals surface area (Å²) >= 11 is 0. The topological polar surface area (TPSA) is 50.4 Å². The second kappa shape index (κ2) is 7.36. The summed E-state index contributed by atoms with van der Waals surface area (Å²) in [5, 5.41) is 5.33. The SMILES string of the molecule is CC(NCc1ccc(NC(=O)OC(C)(C)C)cc1)C(F)F. The first-order valence-corrected chi connectivity index (χ1v) is 6.78. The zero-order chi connectivity index (χ0) is 16.0. The maximum absolute atomic E-state index is 12.3. The fourth-order valence-corrected chi connectivity index (χ4v) is 1.50. The highest BCUT2D eigenvalue weighted by Gasteiger charge is 2.16. The van der Waals surface area contributed by atoms with E-state index in [-0.39, 0.29) is 0 Å². The Hall–Kier alpha value is -1.69. The Labute approximate surface area is 123 Å². The van der Waals surface area contributed by atoms with Gasteiger partial charge in [0.2, 0.25) is 0 Å². The maximum atomic E-state index is 12.3. The van der Waals surface area contributed by atoms with Crippen LogP contribution < -0.4 is 10.6 Å². The average molecular weight is 300 g/mol. The molecule has 4 nitrogen and oxygen atoms in total. The van der Waals surface area contributed by atoms with Crippen LogP contribution in [0.1, 0.15) is 33.3 Å². The first-order valence-electron chi connectivity index (χ1n) is 6.78. The van der Waals surface area contributed by atoms with E-state index >= 15 is 0 Å². The molecule has 0 saturated carbocycles. The molecule has 2 N–H and O–H groups in total. The Morgan fingerprint density at radius 3 is 2.29 bits per heavy atom. The van der Waals surface area contributed by atoms with E-state index in [1.807, 2.05) is 0 Å². The normalized spacial score (nSPS) is 13.1. The van der Waals surface area contributed by atoms with Crippen molar-refractivity contribution in [3.8, 4) is 0 Å². The molecule has 1 aromatic rings. The number of halogens is 2. The number of amides is 1. The number of carbonyl (C=O) groups is 1. The predicted octanol–water partition coefficient (Wildman–Crippen LogP) is 3.78. The van der Waals surface area contributed by atoms with Gasteiger partial charge in [-0.3, -0.25) is 5.32 Å². The van der Waals surface area contributed by atoms with Crippen molar-refractivity contribution >= 4 is 11.8 Å². The van der Waals surface area contributed by atoms with Gasteiger partial charge in [-0.05, 0) is 45.4 Å². The Balaban J connectivity index is 2.49. The molecule has 0 bridgehead atoms. The van der Waals surface area contributed by atoms with Crippen LogP contribution in [0.2, 0.25) is 0 Å². The number of hydrogen-bond donors (Lipinski definition) is 2. The minimum Gasteiger partial charge on any atom is -0.444 e. The minimum atomic E-state index is -2.39. The molecule has 0 saturated heterocycles. The summed E-state index contributed by atoms with van der Waals surface area (Å²) in [5.74, 6) is 0. The van der Waals surface area contributed by atoms with Gasteiger partial charge in [-0.15, -0.1) is 0 Å². The van der Waals surface area contributed by atoms with Crippen LogP contribution in [0.4, 0.5) is 19.3 Å². The molecule has 0 aliphatic carbocycles. The van der Waals surface area contributed by atoms with Crippen LogP contribution in [0, 0.1) is 0 Å². The number of benzene rings is 1. The van der Waals surface area contributed by atoms with Crippen molar-refractivity contribution < 1.29 is 18.3 Å². The molecular weight excluding hydrogens is 278 g/mol. The van der Waals surface area contributed by atoms with Crippen molar-refractivity contribution in [2.45, 2.75) is 52.3 Å². The van der Waals surface area contributed by atoms with E-state index in [4.69, 9.17) is 4.74 Å². The summed E-state index contributed by atoms with van der Waals surface area (Å²) in [5.41, 5.74) is 0.895. The van der Waals surface area contributed by atoms with Gasteiger partial charge in [0.15, 0.2) is 0 Å². The van der Waals surface area contributed by atoms with E-state index < -0.39 is 24.2 Å². The molecule has 0 heterocycles. The van der Waals surface area contributed by atoms with Crippen molar-refractivity contribution in [1.29, 1.82) is 0 Å². The number of hydrogen-bond acceptors (Lipinski definition) is 3. The number of alkyl halides is 2. The third-order valence-corrected chi connectivity index (χ3v) is 2.61. The highest BCUT2D eigenvalue weighted by molar-refractivity contribution is 5.84. The molecule has 0 aliphatic rings. The summed E-state index contributed by atoms with van der Waals surface area (Å²) in [4.78, 5) is 11.6. The molecule has 0 spiro atoms. The molecule has 0 aromatic heterocycles. The van der Waals surface area contributed by atoms with Crippen molar-refractivity contribution in [2.24, 2.45) is 0 Å². The average Bonchev–Trinajstić information content (AvgIpc) is 2.35. The fourth-order valence-electron chi connectivity index (χ4n) is 1.50. The number of rotatable bonds is 5. The molecule has 1 amide bonds. The Morgan fingerprint density at radius 1 is 1.24 bits per heavy atom. The summed E-state index contributed by atoms with van der Waals surface area (Å²) in [6, 6.07) is 6.07. The molecule has 6 heteroatoms. The summed E-state index contributed by atoms with van der Waals surface area (Å²) in [6.45, 7) is 7.13. The van der Waals surface area contributed by atoms with Crippen molar-refractivity contribution in [3.05, 3.63) is 29.8 Å². The molecule has 0 fully saturated rings. The molecule has 0 aliphatic heterocycles. The van der Waals surface area contributed by atoms with Gasteiger partial charge >= 0.3 is 6.09 Å². The lowest BCUT2D eigenvalue weighted by Crippen LogP contribution is -2.31. The molecule has 1 aromatic carbocycles. The molecule has 118 valence electrons. The Morgan fingerprint density at radius 2 is 1.81 bits per heavy atom. The van der Waals surface area contributed by atoms with Crippen LogP contribution in [0.15, 0.2) is 24.3 Å². The third kappa shape index (κ3) is 7.04. The summed E-state index contributed by atoms with van der Waals surface area (Å²) in [6.07, 6.45) is -2.92. The molecule has 0 radical (unpaired) electrons. The first kappa shape index (κ1) is 17.4. The molecule has 1 unspecified atom stereocenters. The summed E-state index contributed by atoms with van der Waals surface area (Å²) < 4.78 is 29.8. The van der Waals surface area contributed by atoms with Crippen LogP contribution >= 0.6 is 0 Å². The van der Waals surface area contributed by atoms with Crippen molar-refractivity contribution in [2.75, 3.05) is 5.32 Å². The van der Waals surface area contributed by atoms with Gasteiger partial charge in [0, 0.05) is 12.2 Å². The Kier molecular flexibility index (Phi) is 6.08. The molecular formula is C15H22F2N2O2. The van der Waals surface area contributed by atoms with Gasteiger partial charge in [-0.25, -0.2) is 13.6 Å². The Bertz CT molecular complexity index is 456. The molecule has 1 rings (SSSR count). The minimum absolute atomic E-state index is 0.345. The zero-order valence-corrected chi connectivity index (χ0v) is 12.7. The van der Waals surface area contributed by atoms with Crippen LogP contribution in [-0.2, 0) is 11.3 Å². The first-order chi connectivity index (χ1) is 9.67. The van der Waals surface area contributed by atoms with Crippen LogP contribution in [0.3, 0.4) is 0 Å². The number of nitrogens with one attached hydrogen (secondary N) is 2. The summed E-state index contributed by atoms with van der Waals surface area (Å²) in [7, 11) is 0. The van der Waals surface area contributed by atoms with Gasteiger partial charge in [0.25, 0.3) is 6.43 Å². The van der Waals surface area contributed by atoms with Gasteiger partial charge in [-0.2, -0.15) is 0 Å². The number of anilines is 1. The van der Waals surface area contributed by atoms with E-state index in [9.17, 15) is 13.6 Å². The van der Waals surface area contributed by atoms with Gasteiger partial charge in [0.05, 0.1) is 6.04 Å². The van der Waals surface area contributed by atoms with E-state index in [1.54, 1.807) is 45.0 Å². The highest BCUT2D eigenvalue weighted by atomic mass is 19.3. The lowest BCUT2D eigenvalue weighted by Gasteiger charge is -2.19. The van der Waals surface area contributed by atoms with Crippen molar-refractivity contribution in [1.82, 2.24) is 5.32 Å². The quantitative estimate of drug-likeness (QED) is 0.870. The van der Waals surface area contributed by atoms with Gasteiger partial charge < -0.3 is 10.1 Å². The second-order valence-electron chi connectivity index (χ2n) is 5.83. The van der Waals surface area contributed by atoms with E-state index in [0.717, 1.165) is 5.56 Å². The lowest BCUT2D eigenvalue weighted by atomic mass is 10.2. The number of carbonyl (C=O) groups excluding carboxylic acids is 1. The van der Waals surface area contributed by atoms with Gasteiger partial charge in [-0.1, -0.05) is 12.1 Å². The monoisotopic (exact) mass is 300 g/mol. The van der Waals surface area contributed by atoms with E-state index in [2.05, 4.69) is 10.6 Å². The largest absolute Gasteiger partial charge is 0.444 e. The second-order valence-corrected chi connectivity index (χ2v) is 5.83. The van der Waals surface area contributed by atoms with Crippen molar-refractivity contribution in [3.63, 3.8) is 0 Å². The van der Waals surface area contributed by atoms with Crippen LogP contribution in [0.25, 0.3) is 0 Å². The smallest absolute Gasteiger partial charge is 0.412 e. The highest BCUT2D eigenvalue weighted by Crippen LogP contribution is 2.13. The van der Waals surface area contributed by atoms with Crippen LogP contribution in [0.5, 0.6) is 0 Å². The van der Waals surface area contributed by atoms with E-state index in [1.165, 1.54) is 6.92 Å². The van der Waals surface area contributed by atoms with Crippen LogP contribution in [-0.4, -0.2) is 24.2 Å². The zero-order valence-electron chi connectivity index (χ0n) is 12.7. The lowest BCUT2D eigenvalue weighted by molar-refractivity contribution is 0.0636. The van der Waals surface area contributed by atoms with Gasteiger partial charge in [0.1, 0.15) is 5.60 Å². The molecule has 21 heavy (non-hydrogen) atoms. The maximum Gasteiger partial charge on any atom is 0.412 e. The van der Waals surface area contributed by atoms with E-state index in [0.29, 0.717) is 12.2 Å².